The fraction of sp³-hybridized carbons (Fsp3) is 0.429. The molecule has 3 aromatic rings. The Labute approximate surface area is 132 Å². The van der Waals surface area contributed by atoms with E-state index in [1.165, 1.54) is 0 Å². The molecular weight excluding hydrogens is 298 g/mol. The largest absolute Gasteiger partial charge is 0.356 e. The number of amides is 1. The molecule has 0 saturated heterocycles. The Morgan fingerprint density at radius 2 is 2.26 bits per heavy atom. The summed E-state index contributed by atoms with van der Waals surface area (Å²) in [5.41, 5.74) is 0.892. The van der Waals surface area contributed by atoms with Gasteiger partial charge in [-0.3, -0.25) is 4.79 Å². The van der Waals surface area contributed by atoms with Crippen LogP contribution in [0, 0.1) is 6.92 Å². The van der Waals surface area contributed by atoms with Gasteiger partial charge in [-0.2, -0.15) is 9.97 Å². The van der Waals surface area contributed by atoms with E-state index in [9.17, 15) is 4.79 Å². The zero-order valence-corrected chi connectivity index (χ0v) is 13.0. The van der Waals surface area contributed by atoms with Gasteiger partial charge in [0.05, 0.1) is 6.42 Å². The third kappa shape index (κ3) is 3.33. The lowest BCUT2D eigenvalue weighted by atomic mass is 10.3. The van der Waals surface area contributed by atoms with E-state index >= 15 is 0 Å². The highest BCUT2D eigenvalue weighted by molar-refractivity contribution is 5.77. The molecule has 0 fully saturated rings. The maximum Gasteiger partial charge on any atom is 0.297 e. The SMILES string of the molecule is CCCCNC(=O)Cc1noc(-c2nc3nccc(C)n3n2)n1. The average Bonchev–Trinajstić information content (AvgIpc) is 3.14. The Hall–Kier alpha value is -2.84. The summed E-state index contributed by atoms with van der Waals surface area (Å²) in [6.45, 7) is 4.61. The molecule has 1 amide bonds. The monoisotopic (exact) mass is 315 g/mol. The molecule has 0 unspecified atom stereocenters. The van der Waals surface area contributed by atoms with Crippen LogP contribution < -0.4 is 5.32 Å². The molecule has 9 heteroatoms. The lowest BCUT2D eigenvalue weighted by Gasteiger charge is -2.00. The van der Waals surface area contributed by atoms with Crippen molar-refractivity contribution in [3.8, 4) is 11.7 Å². The van der Waals surface area contributed by atoms with E-state index in [0.717, 1.165) is 18.5 Å². The minimum atomic E-state index is -0.133. The van der Waals surface area contributed by atoms with E-state index < -0.39 is 0 Å². The zero-order valence-electron chi connectivity index (χ0n) is 13.0. The van der Waals surface area contributed by atoms with Crippen molar-refractivity contribution in [2.45, 2.75) is 33.1 Å². The zero-order chi connectivity index (χ0) is 16.2. The summed E-state index contributed by atoms with van der Waals surface area (Å²) in [7, 11) is 0. The first-order chi connectivity index (χ1) is 11.2. The number of aromatic nitrogens is 6. The topological polar surface area (TPSA) is 111 Å². The second-order valence-corrected chi connectivity index (χ2v) is 5.13. The van der Waals surface area contributed by atoms with Crippen LogP contribution in [-0.2, 0) is 11.2 Å². The molecule has 3 heterocycles. The molecule has 0 radical (unpaired) electrons. The minimum absolute atomic E-state index is 0.0673. The molecule has 3 aromatic heterocycles. The van der Waals surface area contributed by atoms with Crippen LogP contribution in [0.2, 0.25) is 0 Å². The molecule has 0 aromatic carbocycles. The maximum atomic E-state index is 11.7. The van der Waals surface area contributed by atoms with Crippen LogP contribution in [0.1, 0.15) is 31.3 Å². The summed E-state index contributed by atoms with van der Waals surface area (Å²) in [5, 5.41) is 10.9. The van der Waals surface area contributed by atoms with Gasteiger partial charge in [-0.05, 0) is 19.4 Å². The first-order valence-electron chi connectivity index (χ1n) is 7.45. The number of aryl methyl sites for hydroxylation is 1. The van der Waals surface area contributed by atoms with Gasteiger partial charge in [0.25, 0.3) is 11.7 Å². The van der Waals surface area contributed by atoms with Crippen molar-refractivity contribution in [1.29, 1.82) is 0 Å². The first kappa shape index (κ1) is 15.1. The van der Waals surface area contributed by atoms with E-state index in [4.69, 9.17) is 4.52 Å². The quantitative estimate of drug-likeness (QED) is 0.674. The molecule has 0 aliphatic heterocycles. The smallest absolute Gasteiger partial charge is 0.297 e. The van der Waals surface area contributed by atoms with E-state index in [0.29, 0.717) is 18.1 Å². The van der Waals surface area contributed by atoms with Crippen LogP contribution in [0.5, 0.6) is 0 Å². The summed E-state index contributed by atoms with van der Waals surface area (Å²) in [4.78, 5) is 24.3. The van der Waals surface area contributed by atoms with Gasteiger partial charge in [-0.1, -0.05) is 18.5 Å². The fourth-order valence-corrected chi connectivity index (χ4v) is 2.02. The van der Waals surface area contributed by atoms with Crippen molar-refractivity contribution in [2.24, 2.45) is 0 Å². The third-order valence-corrected chi connectivity index (χ3v) is 3.26. The molecule has 0 atom stereocenters. The summed E-state index contributed by atoms with van der Waals surface area (Å²) >= 11 is 0. The Morgan fingerprint density at radius 1 is 1.39 bits per heavy atom. The lowest BCUT2D eigenvalue weighted by molar-refractivity contribution is -0.120. The van der Waals surface area contributed by atoms with Gasteiger partial charge in [0.2, 0.25) is 11.7 Å². The van der Waals surface area contributed by atoms with E-state index in [-0.39, 0.29) is 24.0 Å². The number of hydrogen-bond donors (Lipinski definition) is 1. The van der Waals surface area contributed by atoms with Crippen molar-refractivity contribution in [2.75, 3.05) is 6.54 Å². The van der Waals surface area contributed by atoms with E-state index in [2.05, 4.69) is 37.4 Å². The summed E-state index contributed by atoms with van der Waals surface area (Å²) in [6.07, 6.45) is 3.70. The Bertz CT molecular complexity index is 824. The predicted molar refractivity (Wildman–Crippen MR) is 80.4 cm³/mol. The molecule has 0 saturated carbocycles. The van der Waals surface area contributed by atoms with Crippen LogP contribution in [-0.4, -0.2) is 42.2 Å². The predicted octanol–water partition coefficient (Wildman–Crippen LogP) is 0.942. The van der Waals surface area contributed by atoms with Crippen molar-refractivity contribution in [3.63, 3.8) is 0 Å². The van der Waals surface area contributed by atoms with E-state index in [1.807, 2.05) is 13.0 Å². The lowest BCUT2D eigenvalue weighted by Crippen LogP contribution is -2.26. The normalized spacial score (nSPS) is 11.0. The summed E-state index contributed by atoms with van der Waals surface area (Å²) < 4.78 is 6.73. The number of carbonyl (C=O) groups is 1. The van der Waals surface area contributed by atoms with Gasteiger partial charge in [0.15, 0.2) is 5.82 Å². The number of nitrogens with one attached hydrogen (secondary N) is 1. The van der Waals surface area contributed by atoms with Crippen molar-refractivity contribution in [1.82, 2.24) is 35.0 Å². The summed E-state index contributed by atoms with van der Waals surface area (Å²) in [6, 6.07) is 1.82. The molecule has 3 rings (SSSR count). The Kier molecular flexibility index (Phi) is 4.26. The minimum Gasteiger partial charge on any atom is -0.356 e. The number of fused-ring (bicyclic) bond motifs is 1. The van der Waals surface area contributed by atoms with Crippen LogP contribution >= 0.6 is 0 Å². The molecule has 0 aliphatic rings. The third-order valence-electron chi connectivity index (χ3n) is 3.26. The molecule has 9 nitrogen and oxygen atoms in total. The van der Waals surface area contributed by atoms with Crippen molar-refractivity contribution >= 4 is 11.7 Å². The fourth-order valence-electron chi connectivity index (χ4n) is 2.02. The molecule has 1 N–H and O–H groups in total. The van der Waals surface area contributed by atoms with E-state index in [1.54, 1.807) is 10.7 Å². The first-order valence-corrected chi connectivity index (χ1v) is 7.45. The van der Waals surface area contributed by atoms with Gasteiger partial charge in [0, 0.05) is 18.4 Å². The molecule has 0 spiro atoms. The number of unbranched alkanes of at least 4 members (excludes halogenated alkanes) is 1. The van der Waals surface area contributed by atoms with Gasteiger partial charge >= 0.3 is 0 Å². The van der Waals surface area contributed by atoms with Crippen LogP contribution in [0.25, 0.3) is 17.5 Å². The van der Waals surface area contributed by atoms with Crippen molar-refractivity contribution in [3.05, 3.63) is 23.8 Å². The van der Waals surface area contributed by atoms with Gasteiger partial charge in [-0.25, -0.2) is 9.50 Å². The molecule has 0 aliphatic carbocycles. The highest BCUT2D eigenvalue weighted by atomic mass is 16.5. The van der Waals surface area contributed by atoms with Crippen molar-refractivity contribution < 1.29 is 9.32 Å². The second kappa shape index (κ2) is 6.51. The van der Waals surface area contributed by atoms with Gasteiger partial charge < -0.3 is 9.84 Å². The van der Waals surface area contributed by atoms with Gasteiger partial charge in [-0.15, -0.1) is 5.10 Å². The molecule has 23 heavy (non-hydrogen) atoms. The maximum absolute atomic E-state index is 11.7. The highest BCUT2D eigenvalue weighted by Gasteiger charge is 2.17. The molecule has 120 valence electrons. The number of carbonyl (C=O) groups excluding carboxylic acids is 1. The number of hydrogen-bond acceptors (Lipinski definition) is 7. The molecular formula is C14H17N7O2. The highest BCUT2D eigenvalue weighted by Crippen LogP contribution is 2.14. The summed E-state index contributed by atoms with van der Waals surface area (Å²) in [5.74, 6) is 1.09. The van der Waals surface area contributed by atoms with Gasteiger partial charge in [0.1, 0.15) is 0 Å². The molecule has 0 bridgehead atoms. The second-order valence-electron chi connectivity index (χ2n) is 5.13. The Morgan fingerprint density at radius 3 is 3.04 bits per heavy atom. The average molecular weight is 315 g/mol. The van der Waals surface area contributed by atoms with Crippen LogP contribution in [0.4, 0.5) is 0 Å². The number of rotatable bonds is 6. The van der Waals surface area contributed by atoms with Crippen LogP contribution in [0.3, 0.4) is 0 Å². The Balaban J connectivity index is 1.73. The van der Waals surface area contributed by atoms with Crippen LogP contribution in [0.15, 0.2) is 16.8 Å². The standard InChI is InChI=1S/C14H17N7O2/c1-3-4-6-15-11(22)8-10-17-13(23-20-10)12-18-14-16-7-5-9(2)21(14)19-12/h5,7H,3-4,6,8H2,1-2H3,(H,15,22). The number of nitrogens with zero attached hydrogens (tertiary/aromatic N) is 6.